The van der Waals surface area contributed by atoms with Crippen molar-refractivity contribution in [3.63, 3.8) is 0 Å². The number of methoxy groups -OCH3 is 1. The second-order valence-corrected chi connectivity index (χ2v) is 8.00. The van der Waals surface area contributed by atoms with Gasteiger partial charge in [-0.05, 0) is 56.3 Å². The minimum Gasteiger partial charge on any atom is -0.497 e. The van der Waals surface area contributed by atoms with Gasteiger partial charge in [0, 0.05) is 34.4 Å². The summed E-state index contributed by atoms with van der Waals surface area (Å²) in [5, 5.41) is 1.12. The summed E-state index contributed by atoms with van der Waals surface area (Å²) in [5.41, 5.74) is 0. The van der Waals surface area contributed by atoms with Gasteiger partial charge in [-0.25, -0.2) is 0 Å². The summed E-state index contributed by atoms with van der Waals surface area (Å²) in [6.45, 7) is 6.83. The molecule has 0 aliphatic heterocycles. The predicted octanol–water partition coefficient (Wildman–Crippen LogP) is 5.65. The van der Waals surface area contributed by atoms with Crippen LogP contribution in [0.25, 0.3) is 10.8 Å². The quantitative estimate of drug-likeness (QED) is 0.293. The molecule has 7 nitrogen and oxygen atoms in total. The average Bonchev–Trinajstić information content (AvgIpc) is 2.78. The molecule has 0 fully saturated rings. The number of carbonyl (C=O) groups is 2. The number of benzene rings is 3. The van der Waals surface area contributed by atoms with Gasteiger partial charge in [0.05, 0.1) is 20.3 Å². The van der Waals surface area contributed by atoms with Crippen LogP contribution in [-0.2, 0) is 9.59 Å². The first kappa shape index (κ1) is 24.3. The SMILES string of the molecule is CCOc1c(OCC)c(OC(C)=O)c2cc(Sc3ccc(OC)cc3)ccc2c1OC(C)=O. The Labute approximate surface area is 196 Å². The Hall–Kier alpha value is -3.39. The lowest BCUT2D eigenvalue weighted by Crippen LogP contribution is -2.10. The Bertz CT molecular complexity index is 1160. The van der Waals surface area contributed by atoms with E-state index >= 15 is 0 Å². The van der Waals surface area contributed by atoms with E-state index in [2.05, 4.69) is 0 Å². The lowest BCUT2D eigenvalue weighted by molar-refractivity contribution is -0.133. The topological polar surface area (TPSA) is 80.3 Å². The number of hydrogen-bond donors (Lipinski definition) is 0. The van der Waals surface area contributed by atoms with Crippen LogP contribution in [0.4, 0.5) is 0 Å². The fraction of sp³-hybridized carbons (Fsp3) is 0.280. The molecular formula is C25H26O7S. The average molecular weight is 471 g/mol. The van der Waals surface area contributed by atoms with Gasteiger partial charge in [-0.15, -0.1) is 0 Å². The van der Waals surface area contributed by atoms with E-state index in [9.17, 15) is 9.59 Å². The first-order valence-corrected chi connectivity index (χ1v) is 11.3. The van der Waals surface area contributed by atoms with Crippen LogP contribution in [0.15, 0.2) is 52.3 Å². The zero-order valence-corrected chi connectivity index (χ0v) is 20.0. The summed E-state index contributed by atoms with van der Waals surface area (Å²) in [6.07, 6.45) is 0. The number of hydrogen-bond acceptors (Lipinski definition) is 8. The van der Waals surface area contributed by atoms with Crippen LogP contribution in [0.1, 0.15) is 27.7 Å². The molecule has 0 saturated carbocycles. The Morgan fingerprint density at radius 1 is 0.727 bits per heavy atom. The van der Waals surface area contributed by atoms with Gasteiger partial charge in [-0.3, -0.25) is 9.59 Å². The molecule has 0 atom stereocenters. The highest BCUT2D eigenvalue weighted by Crippen LogP contribution is 2.52. The molecular weight excluding hydrogens is 444 g/mol. The van der Waals surface area contributed by atoms with Crippen molar-refractivity contribution >= 4 is 34.5 Å². The summed E-state index contributed by atoms with van der Waals surface area (Å²) < 4.78 is 27.9. The lowest BCUT2D eigenvalue weighted by Gasteiger charge is -2.20. The first-order valence-electron chi connectivity index (χ1n) is 10.5. The van der Waals surface area contributed by atoms with E-state index in [1.165, 1.54) is 25.6 Å². The molecule has 0 amide bonds. The maximum absolute atomic E-state index is 12.0. The standard InChI is InChI=1S/C25H26O7S/c1-6-29-24-22(31-15(3)26)20-13-12-19(33-18-10-8-17(28-5)9-11-18)14-21(20)23(32-16(4)27)25(24)30-7-2/h8-14H,6-7H2,1-5H3. The van der Waals surface area contributed by atoms with Crippen molar-refractivity contribution in [2.45, 2.75) is 37.5 Å². The second-order valence-electron chi connectivity index (χ2n) is 6.85. The van der Waals surface area contributed by atoms with Crippen LogP contribution in [0.3, 0.4) is 0 Å². The van der Waals surface area contributed by atoms with Crippen molar-refractivity contribution in [2.75, 3.05) is 20.3 Å². The van der Waals surface area contributed by atoms with Gasteiger partial charge in [0.2, 0.25) is 11.5 Å². The number of carbonyl (C=O) groups excluding carboxylic acids is 2. The zero-order chi connectivity index (χ0) is 24.0. The zero-order valence-electron chi connectivity index (χ0n) is 19.2. The largest absolute Gasteiger partial charge is 0.497 e. The Balaban J connectivity index is 2.24. The van der Waals surface area contributed by atoms with Crippen molar-refractivity contribution in [3.05, 3.63) is 42.5 Å². The van der Waals surface area contributed by atoms with Crippen LogP contribution >= 0.6 is 11.8 Å². The molecule has 0 N–H and O–H groups in total. The highest BCUT2D eigenvalue weighted by atomic mass is 32.2. The molecule has 0 saturated heterocycles. The van der Waals surface area contributed by atoms with Gasteiger partial charge in [0.25, 0.3) is 0 Å². The van der Waals surface area contributed by atoms with Gasteiger partial charge in [-0.1, -0.05) is 11.8 Å². The Morgan fingerprint density at radius 3 is 1.73 bits per heavy atom. The molecule has 3 rings (SSSR count). The molecule has 3 aromatic rings. The highest BCUT2D eigenvalue weighted by molar-refractivity contribution is 7.99. The highest BCUT2D eigenvalue weighted by Gasteiger charge is 2.27. The maximum Gasteiger partial charge on any atom is 0.308 e. The van der Waals surface area contributed by atoms with Crippen molar-refractivity contribution in [1.29, 1.82) is 0 Å². The predicted molar refractivity (Wildman–Crippen MR) is 126 cm³/mol. The summed E-state index contributed by atoms with van der Waals surface area (Å²) in [5.74, 6) is 0.630. The number of fused-ring (bicyclic) bond motifs is 1. The fourth-order valence-corrected chi connectivity index (χ4v) is 4.10. The number of ether oxygens (including phenoxy) is 5. The molecule has 0 heterocycles. The van der Waals surface area contributed by atoms with Crippen LogP contribution in [0.2, 0.25) is 0 Å². The van der Waals surface area contributed by atoms with E-state index in [-0.39, 0.29) is 23.0 Å². The molecule has 33 heavy (non-hydrogen) atoms. The molecule has 0 aliphatic carbocycles. The van der Waals surface area contributed by atoms with Crippen LogP contribution < -0.4 is 23.7 Å². The number of rotatable bonds is 9. The van der Waals surface area contributed by atoms with E-state index in [4.69, 9.17) is 23.7 Å². The second kappa shape index (κ2) is 11.0. The smallest absolute Gasteiger partial charge is 0.308 e. The summed E-state index contributed by atoms with van der Waals surface area (Å²) >= 11 is 1.53. The van der Waals surface area contributed by atoms with E-state index in [0.717, 1.165) is 15.5 Å². The van der Waals surface area contributed by atoms with E-state index in [0.29, 0.717) is 24.0 Å². The van der Waals surface area contributed by atoms with E-state index < -0.39 is 11.9 Å². The molecule has 0 bridgehead atoms. The third-order valence-corrected chi connectivity index (χ3v) is 5.46. The molecule has 0 aromatic heterocycles. The molecule has 174 valence electrons. The van der Waals surface area contributed by atoms with Crippen molar-refractivity contribution in [2.24, 2.45) is 0 Å². The first-order chi connectivity index (χ1) is 15.9. The van der Waals surface area contributed by atoms with Crippen molar-refractivity contribution in [3.8, 4) is 28.7 Å². The van der Waals surface area contributed by atoms with Crippen LogP contribution in [-0.4, -0.2) is 32.3 Å². The van der Waals surface area contributed by atoms with E-state index in [1.807, 2.05) is 42.5 Å². The normalized spacial score (nSPS) is 10.6. The molecule has 0 spiro atoms. The summed E-state index contributed by atoms with van der Waals surface area (Å²) in [7, 11) is 1.62. The molecule has 0 radical (unpaired) electrons. The van der Waals surface area contributed by atoms with Gasteiger partial charge in [0.1, 0.15) is 5.75 Å². The Morgan fingerprint density at radius 2 is 1.24 bits per heavy atom. The fourth-order valence-electron chi connectivity index (χ4n) is 3.24. The monoisotopic (exact) mass is 470 g/mol. The van der Waals surface area contributed by atoms with Gasteiger partial charge < -0.3 is 23.7 Å². The molecule has 0 aliphatic rings. The van der Waals surface area contributed by atoms with Crippen LogP contribution in [0.5, 0.6) is 28.7 Å². The number of esters is 2. The summed E-state index contributed by atoms with van der Waals surface area (Å²) in [6, 6.07) is 13.3. The van der Waals surface area contributed by atoms with Crippen molar-refractivity contribution < 1.29 is 33.3 Å². The van der Waals surface area contributed by atoms with Gasteiger partial charge in [-0.2, -0.15) is 0 Å². The van der Waals surface area contributed by atoms with Crippen LogP contribution in [0, 0.1) is 0 Å². The summed E-state index contributed by atoms with van der Waals surface area (Å²) in [4.78, 5) is 25.7. The third kappa shape index (κ3) is 5.70. The third-order valence-electron chi connectivity index (χ3n) is 4.46. The van der Waals surface area contributed by atoms with E-state index in [1.54, 1.807) is 21.0 Å². The maximum atomic E-state index is 12.0. The minimum atomic E-state index is -0.506. The van der Waals surface area contributed by atoms with Crippen molar-refractivity contribution in [1.82, 2.24) is 0 Å². The minimum absolute atomic E-state index is 0.213. The lowest BCUT2D eigenvalue weighted by atomic mass is 10.1. The molecule has 0 unspecified atom stereocenters. The van der Waals surface area contributed by atoms with Gasteiger partial charge in [0.15, 0.2) is 11.5 Å². The molecule has 8 heteroatoms. The molecule has 3 aromatic carbocycles. The Kier molecular flexibility index (Phi) is 8.06. The van der Waals surface area contributed by atoms with Gasteiger partial charge >= 0.3 is 11.9 Å².